The van der Waals surface area contributed by atoms with Crippen LogP contribution in [0, 0.1) is 5.92 Å². The van der Waals surface area contributed by atoms with Crippen molar-refractivity contribution in [2.45, 2.75) is 29.3 Å². The molecule has 1 aromatic heterocycles. The van der Waals surface area contributed by atoms with E-state index >= 15 is 0 Å². The molecule has 1 amide bonds. The van der Waals surface area contributed by atoms with E-state index in [1.54, 1.807) is 18.9 Å². The SMILES string of the molecule is COc1cccc(CNC(=O)C2CCN(c3ccc(Sc4ccc(Br)cc4)nn3)CC2)c1. The summed E-state index contributed by atoms with van der Waals surface area (Å²) in [7, 11) is 1.64. The summed E-state index contributed by atoms with van der Waals surface area (Å²) < 4.78 is 6.30. The summed E-state index contributed by atoms with van der Waals surface area (Å²) >= 11 is 5.04. The molecule has 3 aromatic rings. The molecule has 8 heteroatoms. The Morgan fingerprint density at radius 2 is 1.91 bits per heavy atom. The highest BCUT2D eigenvalue weighted by Crippen LogP contribution is 2.28. The fraction of sp³-hybridized carbons (Fsp3) is 0.292. The minimum absolute atomic E-state index is 0.0250. The van der Waals surface area contributed by atoms with Gasteiger partial charge in [0.25, 0.3) is 0 Å². The second-order valence-electron chi connectivity index (χ2n) is 7.62. The lowest BCUT2D eigenvalue weighted by molar-refractivity contribution is -0.125. The van der Waals surface area contributed by atoms with Gasteiger partial charge in [0, 0.05) is 34.9 Å². The molecule has 0 unspecified atom stereocenters. The third kappa shape index (κ3) is 6.01. The minimum Gasteiger partial charge on any atom is -0.497 e. The number of nitrogens with zero attached hydrogens (tertiary/aromatic N) is 3. The summed E-state index contributed by atoms with van der Waals surface area (Å²) in [5, 5.41) is 12.7. The molecular weight excluding hydrogens is 488 g/mol. The molecule has 2 aromatic carbocycles. The number of hydrogen-bond acceptors (Lipinski definition) is 6. The van der Waals surface area contributed by atoms with Crippen LogP contribution in [0.1, 0.15) is 18.4 Å². The number of halogens is 1. The van der Waals surface area contributed by atoms with Crippen molar-refractivity contribution in [1.29, 1.82) is 0 Å². The first kappa shape index (κ1) is 22.6. The zero-order valence-corrected chi connectivity index (χ0v) is 20.2. The van der Waals surface area contributed by atoms with Crippen LogP contribution in [0.2, 0.25) is 0 Å². The van der Waals surface area contributed by atoms with Crippen LogP contribution in [0.5, 0.6) is 5.75 Å². The normalized spacial score (nSPS) is 14.2. The van der Waals surface area contributed by atoms with Crippen molar-refractivity contribution in [3.05, 3.63) is 70.7 Å². The lowest BCUT2D eigenvalue weighted by Crippen LogP contribution is -2.40. The number of amides is 1. The van der Waals surface area contributed by atoms with Gasteiger partial charge in [0.05, 0.1) is 7.11 Å². The van der Waals surface area contributed by atoms with Crippen molar-refractivity contribution in [2.24, 2.45) is 5.92 Å². The average molecular weight is 513 g/mol. The molecule has 4 rings (SSSR count). The molecule has 1 N–H and O–H groups in total. The smallest absolute Gasteiger partial charge is 0.223 e. The van der Waals surface area contributed by atoms with Crippen molar-refractivity contribution >= 4 is 39.4 Å². The molecule has 1 saturated heterocycles. The average Bonchev–Trinajstić information content (AvgIpc) is 2.85. The molecule has 1 aliphatic rings. The Labute approximate surface area is 200 Å². The van der Waals surface area contributed by atoms with Gasteiger partial charge in [-0.25, -0.2) is 0 Å². The predicted octanol–water partition coefficient (Wildman–Crippen LogP) is 4.93. The van der Waals surface area contributed by atoms with Crippen LogP contribution in [0.25, 0.3) is 0 Å². The summed E-state index contributed by atoms with van der Waals surface area (Å²) in [6.45, 7) is 2.11. The first-order valence-electron chi connectivity index (χ1n) is 10.5. The lowest BCUT2D eigenvalue weighted by atomic mass is 9.96. The third-order valence-electron chi connectivity index (χ3n) is 5.45. The van der Waals surface area contributed by atoms with E-state index in [4.69, 9.17) is 4.74 Å². The Kier molecular flexibility index (Phi) is 7.65. The third-order valence-corrected chi connectivity index (χ3v) is 6.92. The number of piperidine rings is 1. The summed E-state index contributed by atoms with van der Waals surface area (Å²) in [6, 6.07) is 19.9. The van der Waals surface area contributed by atoms with Gasteiger partial charge in [-0.15, -0.1) is 10.2 Å². The minimum atomic E-state index is 0.0250. The van der Waals surface area contributed by atoms with Crippen LogP contribution in [-0.4, -0.2) is 36.3 Å². The molecule has 166 valence electrons. The monoisotopic (exact) mass is 512 g/mol. The highest BCUT2D eigenvalue weighted by atomic mass is 79.9. The summed E-state index contributed by atoms with van der Waals surface area (Å²) in [6.07, 6.45) is 1.61. The molecule has 1 aliphatic heterocycles. The number of nitrogens with one attached hydrogen (secondary N) is 1. The first-order valence-corrected chi connectivity index (χ1v) is 12.1. The zero-order chi connectivity index (χ0) is 22.3. The fourth-order valence-corrected chi connectivity index (χ4v) is 4.64. The highest BCUT2D eigenvalue weighted by molar-refractivity contribution is 9.10. The van der Waals surface area contributed by atoms with Crippen LogP contribution in [-0.2, 0) is 11.3 Å². The molecule has 1 fully saturated rings. The summed E-state index contributed by atoms with van der Waals surface area (Å²) in [5.74, 6) is 1.80. The fourth-order valence-electron chi connectivity index (χ4n) is 3.65. The van der Waals surface area contributed by atoms with Crippen molar-refractivity contribution < 1.29 is 9.53 Å². The maximum absolute atomic E-state index is 12.6. The van der Waals surface area contributed by atoms with Crippen molar-refractivity contribution in [3.8, 4) is 5.75 Å². The molecule has 0 radical (unpaired) electrons. The molecule has 32 heavy (non-hydrogen) atoms. The van der Waals surface area contributed by atoms with E-state index < -0.39 is 0 Å². The van der Waals surface area contributed by atoms with Gasteiger partial charge >= 0.3 is 0 Å². The number of hydrogen-bond donors (Lipinski definition) is 1. The Hall–Kier alpha value is -2.58. The van der Waals surface area contributed by atoms with Crippen LogP contribution in [0.4, 0.5) is 5.82 Å². The van der Waals surface area contributed by atoms with E-state index in [9.17, 15) is 4.79 Å². The van der Waals surface area contributed by atoms with E-state index in [0.717, 1.165) is 57.5 Å². The maximum Gasteiger partial charge on any atom is 0.223 e. The predicted molar refractivity (Wildman–Crippen MR) is 130 cm³/mol. The van der Waals surface area contributed by atoms with Gasteiger partial charge in [-0.3, -0.25) is 4.79 Å². The molecule has 0 atom stereocenters. The number of methoxy groups -OCH3 is 1. The highest BCUT2D eigenvalue weighted by Gasteiger charge is 2.25. The number of carbonyl (C=O) groups is 1. The Bertz CT molecular complexity index is 1040. The molecular formula is C24H25BrN4O2S. The van der Waals surface area contributed by atoms with E-state index in [-0.39, 0.29) is 11.8 Å². The Morgan fingerprint density at radius 3 is 2.59 bits per heavy atom. The van der Waals surface area contributed by atoms with E-state index in [1.165, 1.54) is 0 Å². The Balaban J connectivity index is 1.25. The molecule has 0 saturated carbocycles. The maximum atomic E-state index is 12.6. The second-order valence-corrected chi connectivity index (χ2v) is 9.63. The topological polar surface area (TPSA) is 67.3 Å². The number of aromatic nitrogens is 2. The van der Waals surface area contributed by atoms with Gasteiger partial charge in [-0.05, 0) is 66.9 Å². The summed E-state index contributed by atoms with van der Waals surface area (Å²) in [4.78, 5) is 15.9. The largest absolute Gasteiger partial charge is 0.497 e. The number of benzene rings is 2. The summed E-state index contributed by atoms with van der Waals surface area (Å²) in [5.41, 5.74) is 1.03. The molecule has 0 spiro atoms. The van der Waals surface area contributed by atoms with Gasteiger partial charge in [0.2, 0.25) is 5.91 Å². The van der Waals surface area contributed by atoms with Gasteiger partial charge in [0.1, 0.15) is 10.8 Å². The molecule has 2 heterocycles. The second kappa shape index (κ2) is 10.8. The van der Waals surface area contributed by atoms with Crippen LogP contribution in [0.3, 0.4) is 0 Å². The van der Waals surface area contributed by atoms with E-state index in [2.05, 4.69) is 48.5 Å². The van der Waals surface area contributed by atoms with E-state index in [1.807, 2.05) is 48.5 Å². The molecule has 0 bridgehead atoms. The number of ether oxygens (including phenoxy) is 1. The number of rotatable bonds is 7. The zero-order valence-electron chi connectivity index (χ0n) is 17.8. The van der Waals surface area contributed by atoms with Crippen molar-refractivity contribution in [3.63, 3.8) is 0 Å². The van der Waals surface area contributed by atoms with Gasteiger partial charge in [0.15, 0.2) is 5.82 Å². The first-order chi connectivity index (χ1) is 15.6. The van der Waals surface area contributed by atoms with Crippen molar-refractivity contribution in [1.82, 2.24) is 15.5 Å². The van der Waals surface area contributed by atoms with E-state index in [0.29, 0.717) is 6.54 Å². The quantitative estimate of drug-likeness (QED) is 0.483. The molecule has 0 aliphatic carbocycles. The van der Waals surface area contributed by atoms with Crippen molar-refractivity contribution in [2.75, 3.05) is 25.1 Å². The van der Waals surface area contributed by atoms with Crippen LogP contribution < -0.4 is 15.0 Å². The van der Waals surface area contributed by atoms with Gasteiger partial charge in [-0.1, -0.05) is 39.8 Å². The standard InChI is InChI=1S/C24H25BrN4O2S/c1-31-20-4-2-3-17(15-20)16-26-24(30)18-11-13-29(14-12-18)22-9-10-23(28-27-22)32-21-7-5-19(25)6-8-21/h2-10,15,18H,11-14,16H2,1H3,(H,26,30). The van der Waals surface area contributed by atoms with Gasteiger partial charge in [-0.2, -0.15) is 0 Å². The Morgan fingerprint density at radius 1 is 1.12 bits per heavy atom. The van der Waals surface area contributed by atoms with Crippen LogP contribution >= 0.6 is 27.7 Å². The lowest BCUT2D eigenvalue weighted by Gasteiger charge is -2.31. The number of anilines is 1. The number of carbonyl (C=O) groups excluding carboxylic acids is 1. The molecule has 6 nitrogen and oxygen atoms in total. The van der Waals surface area contributed by atoms with Gasteiger partial charge < -0.3 is 15.0 Å². The van der Waals surface area contributed by atoms with Crippen LogP contribution in [0.15, 0.2) is 75.1 Å².